The van der Waals surface area contributed by atoms with Crippen LogP contribution in [0, 0.1) is 0 Å². The molecule has 2 aromatic carbocycles. The first kappa shape index (κ1) is 17.3. The van der Waals surface area contributed by atoms with Gasteiger partial charge in [0.15, 0.2) is 0 Å². The highest BCUT2D eigenvalue weighted by atomic mass is 16.6. The van der Waals surface area contributed by atoms with Crippen molar-refractivity contribution in [1.29, 1.82) is 0 Å². The van der Waals surface area contributed by atoms with Crippen molar-refractivity contribution in [2.24, 2.45) is 0 Å². The van der Waals surface area contributed by atoms with Crippen molar-refractivity contribution in [1.82, 2.24) is 0 Å². The molecule has 0 saturated carbocycles. The molecule has 0 aliphatic carbocycles. The highest BCUT2D eigenvalue weighted by Crippen LogP contribution is 2.41. The second-order valence-electron chi connectivity index (χ2n) is 7.46. The fourth-order valence-electron chi connectivity index (χ4n) is 3.27. The Hall–Kier alpha value is -2.55. The van der Waals surface area contributed by atoms with E-state index in [0.29, 0.717) is 5.57 Å². The molecule has 1 atom stereocenters. The molecule has 1 aliphatic rings. The van der Waals surface area contributed by atoms with Gasteiger partial charge in [0.2, 0.25) is 0 Å². The van der Waals surface area contributed by atoms with Crippen LogP contribution in [0.4, 0.5) is 5.69 Å². The number of ether oxygens (including phenoxy) is 1. The van der Waals surface area contributed by atoms with Gasteiger partial charge in [-0.3, -0.25) is 0 Å². The zero-order valence-electron chi connectivity index (χ0n) is 15.5. The maximum absolute atomic E-state index is 13.1. The number of likely N-dealkylation sites (N-methyl/N-ethyl adjacent to an activating group) is 1. The number of esters is 1. The molecule has 25 heavy (non-hydrogen) atoms. The molecule has 3 nitrogen and oxygen atoms in total. The molecule has 0 radical (unpaired) electrons. The van der Waals surface area contributed by atoms with Gasteiger partial charge in [0.25, 0.3) is 0 Å². The van der Waals surface area contributed by atoms with Crippen LogP contribution in [0.1, 0.15) is 38.8 Å². The summed E-state index contributed by atoms with van der Waals surface area (Å²) in [7, 11) is 2.02. The van der Waals surface area contributed by atoms with Crippen molar-refractivity contribution in [2.45, 2.75) is 39.3 Å². The van der Waals surface area contributed by atoms with Crippen molar-refractivity contribution in [3.8, 4) is 0 Å². The topological polar surface area (TPSA) is 29.5 Å². The zero-order chi connectivity index (χ0) is 18.2. The number of carbonyl (C=O) groups is 1. The summed E-state index contributed by atoms with van der Waals surface area (Å²) in [4.78, 5) is 15.2. The Kier molecular flexibility index (Phi) is 4.42. The second-order valence-corrected chi connectivity index (χ2v) is 7.46. The van der Waals surface area contributed by atoms with Crippen LogP contribution in [0.3, 0.4) is 0 Å². The minimum absolute atomic E-state index is 0.0695. The van der Waals surface area contributed by atoms with Gasteiger partial charge in [-0.15, -0.1) is 0 Å². The third kappa shape index (κ3) is 3.32. The molecule has 0 spiro atoms. The van der Waals surface area contributed by atoms with E-state index < -0.39 is 5.60 Å². The molecule has 2 aromatic rings. The summed E-state index contributed by atoms with van der Waals surface area (Å²) < 4.78 is 5.74. The van der Waals surface area contributed by atoms with Gasteiger partial charge in [0.1, 0.15) is 5.60 Å². The van der Waals surface area contributed by atoms with Gasteiger partial charge in [0.05, 0.1) is 11.6 Å². The second kappa shape index (κ2) is 6.40. The standard InChI is InChI=1S/C22H25NO2/c1-15-19(21(24)25-22(2,3)4)20(16-11-7-6-8-12-16)17-13-9-10-14-18(17)23(15)5/h6-15H,1-5H3. The molecule has 0 saturated heterocycles. The number of nitrogens with zero attached hydrogens (tertiary/aromatic N) is 1. The molecule has 0 N–H and O–H groups in total. The molecule has 130 valence electrons. The Morgan fingerprint density at radius 1 is 1.00 bits per heavy atom. The lowest BCUT2D eigenvalue weighted by Crippen LogP contribution is -2.40. The number of anilines is 1. The Morgan fingerprint density at radius 3 is 2.24 bits per heavy atom. The lowest BCUT2D eigenvalue weighted by molar-refractivity contribution is -0.150. The van der Waals surface area contributed by atoms with Gasteiger partial charge < -0.3 is 9.64 Å². The summed E-state index contributed by atoms with van der Waals surface area (Å²) >= 11 is 0. The summed E-state index contributed by atoms with van der Waals surface area (Å²) in [5.41, 5.74) is 4.38. The summed E-state index contributed by atoms with van der Waals surface area (Å²) in [6, 6.07) is 18.2. The monoisotopic (exact) mass is 335 g/mol. The van der Waals surface area contributed by atoms with Crippen LogP contribution in [0.25, 0.3) is 5.57 Å². The molecule has 1 heterocycles. The molecular formula is C22H25NO2. The van der Waals surface area contributed by atoms with Crippen molar-refractivity contribution in [2.75, 3.05) is 11.9 Å². The predicted octanol–water partition coefficient (Wildman–Crippen LogP) is 4.67. The van der Waals surface area contributed by atoms with Crippen LogP contribution in [0.15, 0.2) is 60.2 Å². The van der Waals surface area contributed by atoms with E-state index in [1.807, 2.05) is 58.2 Å². The van der Waals surface area contributed by atoms with Crippen molar-refractivity contribution in [3.63, 3.8) is 0 Å². The Morgan fingerprint density at radius 2 is 1.60 bits per heavy atom. The summed E-state index contributed by atoms with van der Waals surface area (Å²) in [6.07, 6.45) is 0. The number of fused-ring (bicyclic) bond motifs is 1. The normalized spacial score (nSPS) is 17.3. The average molecular weight is 335 g/mol. The first-order chi connectivity index (χ1) is 11.8. The average Bonchev–Trinajstić information content (AvgIpc) is 2.57. The molecule has 1 unspecified atom stereocenters. The zero-order valence-corrected chi connectivity index (χ0v) is 15.5. The van der Waals surface area contributed by atoms with Gasteiger partial charge in [-0.05, 0) is 39.3 Å². The van der Waals surface area contributed by atoms with E-state index in [9.17, 15) is 4.79 Å². The fraction of sp³-hybridized carbons (Fsp3) is 0.318. The van der Waals surface area contributed by atoms with Gasteiger partial charge >= 0.3 is 5.97 Å². The molecule has 0 fully saturated rings. The maximum atomic E-state index is 13.1. The first-order valence-corrected chi connectivity index (χ1v) is 8.65. The van der Waals surface area contributed by atoms with E-state index in [1.54, 1.807) is 0 Å². The first-order valence-electron chi connectivity index (χ1n) is 8.65. The van der Waals surface area contributed by atoms with E-state index in [0.717, 1.165) is 22.4 Å². The summed E-state index contributed by atoms with van der Waals surface area (Å²) in [5, 5.41) is 0. The van der Waals surface area contributed by atoms with E-state index >= 15 is 0 Å². The van der Waals surface area contributed by atoms with Gasteiger partial charge in [-0.2, -0.15) is 0 Å². The third-order valence-electron chi connectivity index (χ3n) is 4.50. The number of rotatable bonds is 2. The van der Waals surface area contributed by atoms with E-state index in [2.05, 4.69) is 36.1 Å². The number of para-hydroxylation sites is 1. The molecule has 3 rings (SSSR count). The smallest absolute Gasteiger partial charge is 0.337 e. The highest BCUT2D eigenvalue weighted by molar-refractivity contribution is 6.07. The largest absolute Gasteiger partial charge is 0.457 e. The Bertz CT molecular complexity index is 815. The van der Waals surface area contributed by atoms with Gasteiger partial charge in [-0.25, -0.2) is 4.79 Å². The minimum atomic E-state index is -0.527. The fourth-order valence-corrected chi connectivity index (χ4v) is 3.27. The molecule has 0 bridgehead atoms. The SMILES string of the molecule is CC1C(C(=O)OC(C)(C)C)=C(c2ccccc2)c2ccccc2N1C. The molecule has 0 aromatic heterocycles. The van der Waals surface area contributed by atoms with Gasteiger partial charge in [0, 0.05) is 23.9 Å². The number of hydrogen-bond donors (Lipinski definition) is 0. The number of hydrogen-bond acceptors (Lipinski definition) is 3. The van der Waals surface area contributed by atoms with Crippen molar-refractivity contribution in [3.05, 3.63) is 71.3 Å². The van der Waals surface area contributed by atoms with Crippen LogP contribution < -0.4 is 4.90 Å². The van der Waals surface area contributed by atoms with Crippen LogP contribution in [0.2, 0.25) is 0 Å². The van der Waals surface area contributed by atoms with Gasteiger partial charge in [-0.1, -0.05) is 48.5 Å². The minimum Gasteiger partial charge on any atom is -0.457 e. The summed E-state index contributed by atoms with van der Waals surface area (Å²) in [6.45, 7) is 7.76. The van der Waals surface area contributed by atoms with E-state index in [-0.39, 0.29) is 12.0 Å². The molecule has 1 aliphatic heterocycles. The Labute approximate surface area is 149 Å². The van der Waals surface area contributed by atoms with E-state index in [1.165, 1.54) is 0 Å². The molecule has 3 heteroatoms. The van der Waals surface area contributed by atoms with Crippen molar-refractivity contribution < 1.29 is 9.53 Å². The van der Waals surface area contributed by atoms with Crippen LogP contribution in [-0.2, 0) is 9.53 Å². The number of carbonyl (C=O) groups excluding carboxylic acids is 1. The highest BCUT2D eigenvalue weighted by Gasteiger charge is 2.35. The van der Waals surface area contributed by atoms with Crippen LogP contribution in [-0.4, -0.2) is 24.7 Å². The number of benzene rings is 2. The summed E-state index contributed by atoms with van der Waals surface area (Å²) in [5.74, 6) is -0.250. The van der Waals surface area contributed by atoms with E-state index in [4.69, 9.17) is 4.74 Å². The van der Waals surface area contributed by atoms with Crippen LogP contribution >= 0.6 is 0 Å². The maximum Gasteiger partial charge on any atom is 0.337 e. The van der Waals surface area contributed by atoms with Crippen LogP contribution in [0.5, 0.6) is 0 Å². The Balaban J connectivity index is 2.26. The quantitative estimate of drug-likeness (QED) is 0.747. The lowest BCUT2D eigenvalue weighted by Gasteiger charge is -2.37. The lowest BCUT2D eigenvalue weighted by atomic mass is 9.85. The third-order valence-corrected chi connectivity index (χ3v) is 4.50. The van der Waals surface area contributed by atoms with Crippen molar-refractivity contribution >= 4 is 17.2 Å². The molecule has 0 amide bonds. The molecular weight excluding hydrogens is 310 g/mol. The predicted molar refractivity (Wildman–Crippen MR) is 103 cm³/mol.